The van der Waals surface area contributed by atoms with Crippen LogP contribution in [0.15, 0.2) is 65.6 Å². The Morgan fingerprint density at radius 2 is 1.62 bits per heavy atom. The maximum Gasteiger partial charge on any atom is 0.140 e. The normalized spacial score (nSPS) is 20.4. The van der Waals surface area contributed by atoms with Crippen LogP contribution in [0.1, 0.15) is 41.7 Å². The van der Waals surface area contributed by atoms with E-state index in [1.807, 2.05) is 36.4 Å². The molecule has 2 aliphatic heterocycles. The summed E-state index contributed by atoms with van der Waals surface area (Å²) in [6.45, 7) is 3.96. The fraction of sp³-hybridized carbons (Fsp3) is 0.333. The number of fused-ring (bicyclic) bond motifs is 1. The third-order valence-corrected chi connectivity index (χ3v) is 8.16. The minimum Gasteiger partial charge on any atom is -0.508 e. The zero-order valence-corrected chi connectivity index (χ0v) is 20.4. The van der Waals surface area contributed by atoms with E-state index in [4.69, 9.17) is 21.1 Å². The molecule has 0 unspecified atom stereocenters. The molecule has 0 aliphatic carbocycles. The Hall–Kier alpha value is -2.54. The van der Waals surface area contributed by atoms with Crippen LogP contribution in [0.3, 0.4) is 0 Å². The van der Waals surface area contributed by atoms with E-state index in [-0.39, 0.29) is 22.9 Å². The van der Waals surface area contributed by atoms with Gasteiger partial charge in [0.25, 0.3) is 0 Å². The van der Waals surface area contributed by atoms with Gasteiger partial charge in [-0.05, 0) is 67.4 Å². The number of ether oxygens (including phenoxy) is 2. The van der Waals surface area contributed by atoms with Crippen LogP contribution in [0.4, 0.5) is 0 Å². The van der Waals surface area contributed by atoms with Crippen LogP contribution in [-0.4, -0.2) is 41.4 Å². The van der Waals surface area contributed by atoms with Crippen molar-refractivity contribution >= 4 is 23.4 Å². The van der Waals surface area contributed by atoms with E-state index in [1.165, 1.54) is 38.4 Å². The summed E-state index contributed by atoms with van der Waals surface area (Å²) in [7, 11) is 0. The summed E-state index contributed by atoms with van der Waals surface area (Å²) in [6.07, 6.45) is 3.59. The monoisotopic (exact) mass is 497 g/mol. The Labute approximate surface area is 209 Å². The second-order valence-electron chi connectivity index (χ2n) is 8.74. The van der Waals surface area contributed by atoms with Gasteiger partial charge in [0.2, 0.25) is 0 Å². The van der Waals surface area contributed by atoms with Crippen LogP contribution in [-0.2, 0) is 0 Å². The molecular formula is C27H28ClNO4S. The van der Waals surface area contributed by atoms with Gasteiger partial charge in [-0.3, -0.25) is 4.90 Å². The molecule has 178 valence electrons. The smallest absolute Gasteiger partial charge is 0.140 e. The van der Waals surface area contributed by atoms with Gasteiger partial charge >= 0.3 is 0 Å². The highest BCUT2D eigenvalue weighted by molar-refractivity contribution is 7.99. The Kier molecular flexibility index (Phi) is 7.09. The van der Waals surface area contributed by atoms with E-state index in [2.05, 4.69) is 4.90 Å². The third kappa shape index (κ3) is 5.24. The van der Waals surface area contributed by atoms with E-state index in [0.29, 0.717) is 17.4 Å². The minimum absolute atomic E-state index is 0.0728. The van der Waals surface area contributed by atoms with E-state index in [0.717, 1.165) is 28.3 Å². The molecule has 0 spiro atoms. The van der Waals surface area contributed by atoms with E-state index >= 15 is 0 Å². The molecule has 3 aromatic rings. The van der Waals surface area contributed by atoms with Crippen molar-refractivity contribution < 1.29 is 19.7 Å². The summed E-state index contributed by atoms with van der Waals surface area (Å²) in [5, 5.41) is 20.2. The number of halogens is 1. The van der Waals surface area contributed by atoms with Gasteiger partial charge in [0.1, 0.15) is 35.7 Å². The molecule has 3 aromatic carbocycles. The number of phenolic OH excluding ortho intramolecular Hbond substituents is 2. The zero-order chi connectivity index (χ0) is 23.5. The highest BCUT2D eigenvalue weighted by Gasteiger charge is 2.35. The van der Waals surface area contributed by atoms with Crippen LogP contribution in [0.2, 0.25) is 5.02 Å². The Bertz CT molecular complexity index is 1120. The van der Waals surface area contributed by atoms with Crippen molar-refractivity contribution in [3.8, 4) is 23.0 Å². The van der Waals surface area contributed by atoms with Crippen LogP contribution in [0.25, 0.3) is 0 Å². The lowest BCUT2D eigenvalue weighted by Gasteiger charge is -2.34. The minimum atomic E-state index is -0.303. The summed E-state index contributed by atoms with van der Waals surface area (Å²) < 4.78 is 12.4. The highest BCUT2D eigenvalue weighted by atomic mass is 35.5. The summed E-state index contributed by atoms with van der Waals surface area (Å²) in [6, 6.07) is 18.3. The molecule has 0 radical (unpaired) electrons. The quantitative estimate of drug-likeness (QED) is 0.401. The fourth-order valence-electron chi connectivity index (χ4n) is 4.52. The van der Waals surface area contributed by atoms with E-state index in [9.17, 15) is 10.2 Å². The first-order valence-electron chi connectivity index (χ1n) is 11.7. The van der Waals surface area contributed by atoms with E-state index in [1.54, 1.807) is 30.0 Å². The number of hydrogen-bond donors (Lipinski definition) is 2. The summed E-state index contributed by atoms with van der Waals surface area (Å²) in [5.41, 5.74) is 2.02. The first kappa shape index (κ1) is 23.2. The first-order chi connectivity index (χ1) is 16.6. The van der Waals surface area contributed by atoms with Crippen LogP contribution in [0, 0.1) is 0 Å². The predicted molar refractivity (Wildman–Crippen MR) is 135 cm³/mol. The summed E-state index contributed by atoms with van der Waals surface area (Å²) in [5.74, 6) is 1.70. The molecule has 5 rings (SSSR count). The van der Waals surface area contributed by atoms with Gasteiger partial charge in [-0.1, -0.05) is 42.3 Å². The number of aromatic hydroxyl groups is 2. The highest BCUT2D eigenvalue weighted by Crippen LogP contribution is 2.56. The Balaban J connectivity index is 1.35. The number of rotatable bonds is 6. The topological polar surface area (TPSA) is 62.2 Å². The summed E-state index contributed by atoms with van der Waals surface area (Å²) >= 11 is 8.03. The lowest BCUT2D eigenvalue weighted by molar-refractivity contribution is 0.182. The van der Waals surface area contributed by atoms with Crippen molar-refractivity contribution in [2.45, 2.75) is 35.5 Å². The third-order valence-electron chi connectivity index (χ3n) is 6.32. The molecule has 1 saturated heterocycles. The molecule has 2 atom stereocenters. The average molecular weight is 498 g/mol. The van der Waals surface area contributed by atoms with Crippen molar-refractivity contribution in [1.82, 2.24) is 4.90 Å². The van der Waals surface area contributed by atoms with Crippen LogP contribution < -0.4 is 9.47 Å². The number of benzene rings is 3. The van der Waals surface area contributed by atoms with Gasteiger partial charge in [0.15, 0.2) is 0 Å². The average Bonchev–Trinajstić information content (AvgIpc) is 2.85. The molecule has 0 amide bonds. The molecular weight excluding hydrogens is 470 g/mol. The number of nitrogens with zero attached hydrogens (tertiary/aromatic N) is 1. The molecule has 1 fully saturated rings. The number of thioether (sulfide) groups is 1. The van der Waals surface area contributed by atoms with Crippen molar-refractivity contribution in [1.29, 1.82) is 0 Å². The van der Waals surface area contributed by atoms with Gasteiger partial charge in [-0.2, -0.15) is 0 Å². The van der Waals surface area contributed by atoms with Gasteiger partial charge < -0.3 is 19.7 Å². The predicted octanol–water partition coefficient (Wildman–Crippen LogP) is 6.58. The molecule has 0 aromatic heterocycles. The fourth-order valence-corrected chi connectivity index (χ4v) is 6.14. The number of piperidine rings is 1. The molecule has 2 aliphatic rings. The van der Waals surface area contributed by atoms with Gasteiger partial charge in [-0.25, -0.2) is 0 Å². The lowest BCUT2D eigenvalue weighted by atomic mass is 10.00. The SMILES string of the molecule is Oc1ccc([C@H]2Sc3c(Cl)cc(O)cc3O[C@H]2c2ccc(OCCN3CCCCC3)cc2)cc1. The van der Waals surface area contributed by atoms with Gasteiger partial charge in [0, 0.05) is 12.6 Å². The molecule has 0 bridgehead atoms. The first-order valence-corrected chi connectivity index (χ1v) is 12.9. The maximum atomic E-state index is 10.0. The largest absolute Gasteiger partial charge is 0.508 e. The second-order valence-corrected chi connectivity index (χ2v) is 10.3. The Morgan fingerprint density at radius 1 is 0.912 bits per heavy atom. The molecule has 2 N–H and O–H groups in total. The van der Waals surface area contributed by atoms with Gasteiger partial charge in [-0.15, -0.1) is 11.8 Å². The van der Waals surface area contributed by atoms with Crippen LogP contribution >= 0.6 is 23.4 Å². The summed E-state index contributed by atoms with van der Waals surface area (Å²) in [4.78, 5) is 3.26. The lowest BCUT2D eigenvalue weighted by Crippen LogP contribution is -2.33. The molecule has 7 heteroatoms. The Morgan fingerprint density at radius 3 is 2.35 bits per heavy atom. The van der Waals surface area contributed by atoms with Gasteiger partial charge in [0.05, 0.1) is 15.2 Å². The standard InChI is InChI=1S/C27H28ClNO4S/c28-23-16-21(31)17-24-27(23)34-26(19-4-8-20(30)9-5-19)25(33-24)18-6-10-22(11-7-18)32-15-14-29-12-2-1-3-13-29/h4-11,16-17,25-26,30-31H,1-3,12-15H2/t25-,26+/m0/s1. The number of phenols is 2. The molecule has 5 nitrogen and oxygen atoms in total. The van der Waals surface area contributed by atoms with Crippen LogP contribution in [0.5, 0.6) is 23.0 Å². The zero-order valence-electron chi connectivity index (χ0n) is 18.8. The van der Waals surface area contributed by atoms with Crippen molar-refractivity contribution in [3.63, 3.8) is 0 Å². The number of hydrogen-bond acceptors (Lipinski definition) is 6. The second kappa shape index (κ2) is 10.4. The van der Waals surface area contributed by atoms with Crippen molar-refractivity contribution in [3.05, 3.63) is 76.8 Å². The van der Waals surface area contributed by atoms with Crippen molar-refractivity contribution in [2.24, 2.45) is 0 Å². The molecule has 34 heavy (non-hydrogen) atoms. The molecule has 2 heterocycles. The molecule has 0 saturated carbocycles. The van der Waals surface area contributed by atoms with E-state index < -0.39 is 0 Å². The van der Waals surface area contributed by atoms with Crippen molar-refractivity contribution in [2.75, 3.05) is 26.2 Å². The number of likely N-dealkylation sites (tertiary alicyclic amines) is 1. The maximum absolute atomic E-state index is 10.0.